The summed E-state index contributed by atoms with van der Waals surface area (Å²) in [6.07, 6.45) is 0.624. The molecular weight excluding hydrogens is 252 g/mol. The quantitative estimate of drug-likeness (QED) is 0.765. The Morgan fingerprint density at radius 1 is 1.56 bits per heavy atom. The minimum absolute atomic E-state index is 0. The Kier molecular flexibility index (Phi) is 5.14. The van der Waals surface area contributed by atoms with Crippen LogP contribution in [0.15, 0.2) is 24.3 Å². The molecule has 5 heteroatoms. The number of hydrogen-bond donors (Lipinski definition) is 3. The van der Waals surface area contributed by atoms with Crippen molar-refractivity contribution in [3.05, 3.63) is 35.4 Å². The van der Waals surface area contributed by atoms with Gasteiger partial charge in [0.2, 0.25) is 5.91 Å². The fourth-order valence-corrected chi connectivity index (χ4v) is 2.19. The Labute approximate surface area is 113 Å². The van der Waals surface area contributed by atoms with Crippen LogP contribution in [0.2, 0.25) is 0 Å². The van der Waals surface area contributed by atoms with Crippen LogP contribution in [0.3, 0.4) is 0 Å². The molecular formula is C13H19ClN2O2. The third kappa shape index (κ3) is 2.83. The molecule has 1 aliphatic carbocycles. The lowest BCUT2D eigenvalue weighted by Gasteiger charge is -2.20. The average molecular weight is 271 g/mol. The van der Waals surface area contributed by atoms with E-state index in [1.807, 2.05) is 31.2 Å². The van der Waals surface area contributed by atoms with E-state index in [0.717, 1.165) is 11.1 Å². The van der Waals surface area contributed by atoms with Crippen molar-refractivity contribution >= 4 is 18.3 Å². The molecule has 2 rings (SSSR count). The number of hydrogen-bond acceptors (Lipinski definition) is 3. The van der Waals surface area contributed by atoms with E-state index in [1.165, 1.54) is 0 Å². The molecule has 4 N–H and O–H groups in total. The summed E-state index contributed by atoms with van der Waals surface area (Å²) in [5, 5.41) is 12.8. The molecule has 0 aliphatic heterocycles. The van der Waals surface area contributed by atoms with Crippen molar-refractivity contribution < 1.29 is 9.90 Å². The Hall–Kier alpha value is -1.10. The van der Waals surface area contributed by atoms with Gasteiger partial charge in [-0.05, 0) is 17.5 Å². The lowest BCUT2D eigenvalue weighted by atomic mass is 10.1. The number of rotatable bonds is 3. The van der Waals surface area contributed by atoms with Gasteiger partial charge in [0, 0.05) is 6.42 Å². The number of benzene rings is 1. The van der Waals surface area contributed by atoms with Gasteiger partial charge in [-0.3, -0.25) is 4.79 Å². The third-order valence-electron chi connectivity index (χ3n) is 3.28. The number of aliphatic hydroxyl groups excluding tert-OH is 1. The van der Waals surface area contributed by atoms with Gasteiger partial charge in [0.05, 0.1) is 18.2 Å². The van der Waals surface area contributed by atoms with Gasteiger partial charge in [-0.1, -0.05) is 31.2 Å². The monoisotopic (exact) mass is 270 g/mol. The molecule has 0 heterocycles. The normalized spacial score (nSPS) is 22.8. The second-order valence-electron chi connectivity index (χ2n) is 4.47. The summed E-state index contributed by atoms with van der Waals surface area (Å²) in [4.78, 5) is 11.7. The van der Waals surface area contributed by atoms with Crippen LogP contribution < -0.4 is 11.1 Å². The van der Waals surface area contributed by atoms with E-state index in [-0.39, 0.29) is 24.4 Å². The van der Waals surface area contributed by atoms with E-state index in [9.17, 15) is 9.90 Å². The van der Waals surface area contributed by atoms with E-state index in [4.69, 9.17) is 5.73 Å². The minimum Gasteiger partial charge on any atom is -0.390 e. The van der Waals surface area contributed by atoms with E-state index in [2.05, 4.69) is 5.32 Å². The van der Waals surface area contributed by atoms with Crippen molar-refractivity contribution in [1.29, 1.82) is 0 Å². The fourth-order valence-electron chi connectivity index (χ4n) is 2.19. The van der Waals surface area contributed by atoms with Crippen molar-refractivity contribution in [2.24, 2.45) is 5.73 Å². The number of carbonyl (C=O) groups excluding carboxylic acids is 1. The average Bonchev–Trinajstić information content (AvgIpc) is 2.65. The first-order valence-corrected chi connectivity index (χ1v) is 5.95. The van der Waals surface area contributed by atoms with E-state index >= 15 is 0 Å². The molecule has 1 aliphatic rings. The first-order valence-electron chi connectivity index (χ1n) is 5.95. The first-order chi connectivity index (χ1) is 8.13. The molecule has 0 fully saturated rings. The highest BCUT2D eigenvalue weighted by Crippen LogP contribution is 2.31. The lowest BCUT2D eigenvalue weighted by Crippen LogP contribution is -2.43. The van der Waals surface area contributed by atoms with E-state index in [0.29, 0.717) is 12.8 Å². The SMILES string of the molecule is CC[C@H](N)C(=O)N[C@H]1c2ccccc2C[C@H]1O.Cl. The largest absolute Gasteiger partial charge is 0.390 e. The van der Waals surface area contributed by atoms with Gasteiger partial charge in [0.25, 0.3) is 0 Å². The molecule has 1 aromatic rings. The molecule has 0 spiro atoms. The van der Waals surface area contributed by atoms with E-state index < -0.39 is 12.1 Å². The molecule has 0 aromatic heterocycles. The van der Waals surface area contributed by atoms with Gasteiger partial charge in [-0.2, -0.15) is 0 Å². The van der Waals surface area contributed by atoms with Crippen molar-refractivity contribution in [1.82, 2.24) is 5.32 Å². The molecule has 0 unspecified atom stereocenters. The molecule has 3 atom stereocenters. The second-order valence-corrected chi connectivity index (χ2v) is 4.47. The highest BCUT2D eigenvalue weighted by atomic mass is 35.5. The molecule has 0 radical (unpaired) electrons. The summed E-state index contributed by atoms with van der Waals surface area (Å²) in [7, 11) is 0. The maximum absolute atomic E-state index is 11.7. The van der Waals surface area contributed by atoms with Crippen molar-refractivity contribution in [3.8, 4) is 0 Å². The van der Waals surface area contributed by atoms with Crippen LogP contribution in [0.5, 0.6) is 0 Å². The maximum atomic E-state index is 11.7. The van der Waals surface area contributed by atoms with Crippen LogP contribution in [0.4, 0.5) is 0 Å². The molecule has 1 amide bonds. The Morgan fingerprint density at radius 2 is 2.22 bits per heavy atom. The fraction of sp³-hybridized carbons (Fsp3) is 0.462. The van der Waals surface area contributed by atoms with Crippen LogP contribution in [-0.2, 0) is 11.2 Å². The molecule has 1 aromatic carbocycles. The van der Waals surface area contributed by atoms with Gasteiger partial charge in [-0.25, -0.2) is 0 Å². The molecule has 18 heavy (non-hydrogen) atoms. The highest BCUT2D eigenvalue weighted by molar-refractivity contribution is 5.85. The number of halogens is 1. The predicted molar refractivity (Wildman–Crippen MR) is 72.6 cm³/mol. The third-order valence-corrected chi connectivity index (χ3v) is 3.28. The Balaban J connectivity index is 0.00000162. The Morgan fingerprint density at radius 3 is 2.89 bits per heavy atom. The second kappa shape index (κ2) is 6.18. The summed E-state index contributed by atoms with van der Waals surface area (Å²) in [6.45, 7) is 1.86. The summed E-state index contributed by atoms with van der Waals surface area (Å²) in [5.41, 5.74) is 7.76. The molecule has 0 saturated carbocycles. The highest BCUT2D eigenvalue weighted by Gasteiger charge is 2.32. The van der Waals surface area contributed by atoms with Gasteiger partial charge in [0.1, 0.15) is 0 Å². The smallest absolute Gasteiger partial charge is 0.237 e. The Bertz CT molecular complexity index is 425. The molecule has 0 saturated heterocycles. The molecule has 4 nitrogen and oxygen atoms in total. The predicted octanol–water partition coefficient (Wildman–Crippen LogP) is 0.920. The van der Waals surface area contributed by atoms with Gasteiger partial charge >= 0.3 is 0 Å². The number of fused-ring (bicyclic) bond motifs is 1. The summed E-state index contributed by atoms with van der Waals surface area (Å²) >= 11 is 0. The number of aliphatic hydroxyl groups is 1. The number of carbonyl (C=O) groups is 1. The number of nitrogens with one attached hydrogen (secondary N) is 1. The topological polar surface area (TPSA) is 75.4 Å². The standard InChI is InChI=1S/C13H18N2O2.ClH/c1-2-10(14)13(17)15-12-9-6-4-3-5-8(9)7-11(12)16;/h3-6,10-12,16H,2,7,14H2,1H3,(H,15,17);1H/t10-,11+,12-;/m0./s1. The zero-order valence-electron chi connectivity index (χ0n) is 10.3. The summed E-state index contributed by atoms with van der Waals surface area (Å²) < 4.78 is 0. The maximum Gasteiger partial charge on any atom is 0.237 e. The van der Waals surface area contributed by atoms with Gasteiger partial charge < -0.3 is 16.2 Å². The van der Waals surface area contributed by atoms with Gasteiger partial charge in [0.15, 0.2) is 0 Å². The number of amides is 1. The number of nitrogens with two attached hydrogens (primary N) is 1. The van der Waals surface area contributed by atoms with Crippen LogP contribution in [0.1, 0.15) is 30.5 Å². The van der Waals surface area contributed by atoms with Crippen molar-refractivity contribution in [3.63, 3.8) is 0 Å². The van der Waals surface area contributed by atoms with Crippen LogP contribution in [0, 0.1) is 0 Å². The summed E-state index contributed by atoms with van der Waals surface area (Å²) in [5.74, 6) is -0.201. The zero-order valence-corrected chi connectivity index (χ0v) is 11.1. The van der Waals surface area contributed by atoms with Crippen molar-refractivity contribution in [2.75, 3.05) is 0 Å². The first kappa shape index (κ1) is 15.0. The van der Waals surface area contributed by atoms with Gasteiger partial charge in [-0.15, -0.1) is 12.4 Å². The van der Waals surface area contributed by atoms with E-state index in [1.54, 1.807) is 0 Å². The van der Waals surface area contributed by atoms with Crippen molar-refractivity contribution in [2.45, 2.75) is 38.0 Å². The zero-order chi connectivity index (χ0) is 12.4. The lowest BCUT2D eigenvalue weighted by molar-refractivity contribution is -0.123. The minimum atomic E-state index is -0.555. The summed E-state index contributed by atoms with van der Waals surface area (Å²) in [6, 6.07) is 6.94. The van der Waals surface area contributed by atoms with Crippen LogP contribution >= 0.6 is 12.4 Å². The van der Waals surface area contributed by atoms with Crippen LogP contribution in [0.25, 0.3) is 0 Å². The van der Waals surface area contributed by atoms with Crippen LogP contribution in [-0.4, -0.2) is 23.2 Å². The molecule has 100 valence electrons. The molecule has 0 bridgehead atoms.